The van der Waals surface area contributed by atoms with Crippen LogP contribution in [0.1, 0.15) is 21.5 Å². The molecule has 1 saturated heterocycles. The average molecular weight is 426 g/mol. The van der Waals surface area contributed by atoms with Crippen LogP contribution in [0.3, 0.4) is 0 Å². The Kier molecular flexibility index (Phi) is 5.96. The summed E-state index contributed by atoms with van der Waals surface area (Å²) in [5.74, 6) is -0.0904. The number of nitrogens with zero attached hydrogens (tertiary/aromatic N) is 3. The molecule has 1 fully saturated rings. The Morgan fingerprint density at radius 2 is 1.62 bits per heavy atom. The first-order valence-corrected chi connectivity index (χ1v) is 11.0. The van der Waals surface area contributed by atoms with Crippen LogP contribution in [0.4, 0.5) is 0 Å². The van der Waals surface area contributed by atoms with Crippen molar-refractivity contribution in [2.75, 3.05) is 19.6 Å². The van der Waals surface area contributed by atoms with Crippen LogP contribution in [-0.4, -0.2) is 51.5 Å². The molecule has 1 unspecified atom stereocenters. The zero-order valence-electron chi connectivity index (χ0n) is 17.9. The number of piperazine rings is 1. The van der Waals surface area contributed by atoms with E-state index in [1.165, 1.54) is 11.1 Å². The number of para-hydroxylation sites is 1. The maximum atomic E-state index is 13.3. The maximum absolute atomic E-state index is 13.3. The molecule has 32 heavy (non-hydrogen) atoms. The van der Waals surface area contributed by atoms with Gasteiger partial charge in [-0.2, -0.15) is 0 Å². The highest BCUT2D eigenvalue weighted by Crippen LogP contribution is 2.18. The third-order valence-electron chi connectivity index (χ3n) is 6.04. The number of fused-ring (bicyclic) bond motifs is 1. The van der Waals surface area contributed by atoms with Crippen molar-refractivity contribution in [3.05, 3.63) is 102 Å². The summed E-state index contributed by atoms with van der Waals surface area (Å²) in [6, 6.07) is 26.6. The molecule has 1 atom stereocenters. The van der Waals surface area contributed by atoms with Crippen LogP contribution in [0, 0.1) is 0 Å². The van der Waals surface area contributed by atoms with Crippen molar-refractivity contribution in [3.63, 3.8) is 0 Å². The van der Waals surface area contributed by atoms with E-state index in [0.717, 1.165) is 38.2 Å². The van der Waals surface area contributed by atoms with E-state index in [0.29, 0.717) is 11.1 Å². The molecule has 3 aromatic carbocycles. The van der Waals surface area contributed by atoms with Gasteiger partial charge in [-0.25, -0.2) is 4.98 Å². The van der Waals surface area contributed by atoms with Gasteiger partial charge in [0.1, 0.15) is 5.52 Å². The minimum atomic E-state index is -0.0904. The second-order valence-electron chi connectivity index (χ2n) is 8.27. The normalized spacial score (nSPS) is 17.4. The van der Waals surface area contributed by atoms with Crippen LogP contribution in [-0.2, 0) is 13.1 Å². The van der Waals surface area contributed by atoms with E-state index in [1.807, 2.05) is 30.3 Å². The first kappa shape index (κ1) is 20.4. The lowest BCUT2D eigenvalue weighted by Crippen LogP contribution is -2.59. The highest BCUT2D eigenvalue weighted by Gasteiger charge is 2.29. The largest absolute Gasteiger partial charge is 0.345 e. The van der Waals surface area contributed by atoms with Gasteiger partial charge in [0.25, 0.3) is 5.91 Å². The molecule has 162 valence electrons. The summed E-state index contributed by atoms with van der Waals surface area (Å²) in [6.45, 7) is 4.30. The third kappa shape index (κ3) is 4.56. The second-order valence-corrected chi connectivity index (χ2v) is 8.27. The second kappa shape index (κ2) is 9.34. The van der Waals surface area contributed by atoms with Gasteiger partial charge >= 0.3 is 0 Å². The highest BCUT2D eigenvalue weighted by atomic mass is 16.1. The summed E-state index contributed by atoms with van der Waals surface area (Å²) in [5.41, 5.74) is 4.71. The molecular weight excluding hydrogens is 398 g/mol. The molecule has 0 radical (unpaired) electrons. The monoisotopic (exact) mass is 425 g/mol. The van der Waals surface area contributed by atoms with Gasteiger partial charge in [-0.05, 0) is 23.3 Å². The number of rotatable bonds is 6. The van der Waals surface area contributed by atoms with Crippen LogP contribution in [0.2, 0.25) is 0 Å². The number of aromatic amines is 1. The van der Waals surface area contributed by atoms with E-state index in [9.17, 15) is 4.79 Å². The van der Waals surface area contributed by atoms with E-state index in [1.54, 1.807) is 6.33 Å². The molecule has 0 saturated carbocycles. The molecule has 1 amide bonds. The molecule has 2 heterocycles. The molecular formula is C26H27N5O. The minimum Gasteiger partial charge on any atom is -0.345 e. The van der Waals surface area contributed by atoms with Crippen LogP contribution >= 0.6 is 0 Å². The lowest BCUT2D eigenvalue weighted by molar-refractivity contribution is 0.0415. The molecule has 2 N–H and O–H groups in total. The fourth-order valence-corrected chi connectivity index (χ4v) is 4.38. The Morgan fingerprint density at radius 1 is 0.906 bits per heavy atom. The molecule has 1 aliphatic heterocycles. The van der Waals surface area contributed by atoms with Gasteiger partial charge in [0.05, 0.1) is 23.6 Å². The van der Waals surface area contributed by atoms with Gasteiger partial charge in [0, 0.05) is 32.7 Å². The van der Waals surface area contributed by atoms with Gasteiger partial charge in [-0.3, -0.25) is 14.6 Å². The van der Waals surface area contributed by atoms with Gasteiger partial charge in [-0.1, -0.05) is 66.7 Å². The summed E-state index contributed by atoms with van der Waals surface area (Å²) < 4.78 is 0. The van der Waals surface area contributed by atoms with E-state index >= 15 is 0 Å². The van der Waals surface area contributed by atoms with Gasteiger partial charge < -0.3 is 10.3 Å². The van der Waals surface area contributed by atoms with Crippen LogP contribution in [0.25, 0.3) is 11.0 Å². The topological polar surface area (TPSA) is 64.3 Å². The summed E-state index contributed by atoms with van der Waals surface area (Å²) in [6.07, 6.45) is 1.54. The third-order valence-corrected chi connectivity index (χ3v) is 6.04. The Bertz CT molecular complexity index is 1170. The summed E-state index contributed by atoms with van der Waals surface area (Å²) in [5, 5.41) is 3.29. The number of hydrogen-bond acceptors (Lipinski definition) is 4. The number of carbonyl (C=O) groups excluding carboxylic acids is 1. The summed E-state index contributed by atoms with van der Waals surface area (Å²) in [7, 11) is 0. The molecule has 6 nitrogen and oxygen atoms in total. The van der Waals surface area contributed by atoms with Gasteiger partial charge in [-0.15, -0.1) is 0 Å². The zero-order chi connectivity index (χ0) is 21.8. The van der Waals surface area contributed by atoms with Crippen LogP contribution in [0.15, 0.2) is 85.2 Å². The first-order chi connectivity index (χ1) is 15.8. The minimum absolute atomic E-state index is 0.0885. The molecule has 0 aliphatic carbocycles. The van der Waals surface area contributed by atoms with Crippen molar-refractivity contribution < 1.29 is 4.79 Å². The number of carbonyl (C=O) groups is 1. The number of amides is 1. The van der Waals surface area contributed by atoms with E-state index in [-0.39, 0.29) is 12.1 Å². The standard InChI is InChI=1S/C26H27N5O/c32-26(22-12-7-13-23-25(22)28-19-27-23)29-24-18-30(16-20-8-3-1-4-9-20)14-15-31(24)17-21-10-5-2-6-11-21/h1-13,19,24H,14-18H2,(H,27,28)(H,29,32). The average Bonchev–Trinajstić information content (AvgIpc) is 3.31. The van der Waals surface area contributed by atoms with Crippen molar-refractivity contribution in [3.8, 4) is 0 Å². The predicted molar refractivity (Wildman–Crippen MR) is 126 cm³/mol. The van der Waals surface area contributed by atoms with Crippen molar-refractivity contribution in [2.45, 2.75) is 19.3 Å². The van der Waals surface area contributed by atoms with Gasteiger partial charge in [0.15, 0.2) is 0 Å². The molecule has 1 aliphatic rings. The van der Waals surface area contributed by atoms with Crippen molar-refractivity contribution in [2.24, 2.45) is 0 Å². The highest BCUT2D eigenvalue weighted by molar-refractivity contribution is 6.04. The molecule has 6 heteroatoms. The smallest absolute Gasteiger partial charge is 0.254 e. The number of imidazole rings is 1. The van der Waals surface area contributed by atoms with E-state index < -0.39 is 0 Å². The first-order valence-electron chi connectivity index (χ1n) is 11.0. The maximum Gasteiger partial charge on any atom is 0.254 e. The Morgan fingerprint density at radius 3 is 2.38 bits per heavy atom. The Labute approximate surface area is 187 Å². The van der Waals surface area contributed by atoms with Crippen LogP contribution in [0.5, 0.6) is 0 Å². The lowest BCUT2D eigenvalue weighted by atomic mass is 10.1. The quantitative estimate of drug-likeness (QED) is 0.495. The van der Waals surface area contributed by atoms with Crippen molar-refractivity contribution in [1.29, 1.82) is 0 Å². The van der Waals surface area contributed by atoms with Crippen molar-refractivity contribution >= 4 is 16.9 Å². The fraction of sp³-hybridized carbons (Fsp3) is 0.231. The summed E-state index contributed by atoms with van der Waals surface area (Å²) >= 11 is 0. The molecule has 1 aromatic heterocycles. The molecule has 0 spiro atoms. The summed E-state index contributed by atoms with van der Waals surface area (Å²) in [4.78, 5) is 25.5. The van der Waals surface area contributed by atoms with Crippen LogP contribution < -0.4 is 5.32 Å². The SMILES string of the molecule is O=C(NC1CN(Cc2ccccc2)CCN1Cc1ccccc1)c1cccc2[nH]cnc12. The number of nitrogens with one attached hydrogen (secondary N) is 2. The van der Waals surface area contributed by atoms with Gasteiger partial charge in [0.2, 0.25) is 0 Å². The zero-order valence-corrected chi connectivity index (χ0v) is 17.9. The number of hydrogen-bond donors (Lipinski definition) is 2. The fourth-order valence-electron chi connectivity index (χ4n) is 4.38. The van der Waals surface area contributed by atoms with E-state index in [4.69, 9.17) is 0 Å². The molecule has 0 bridgehead atoms. The molecule has 4 aromatic rings. The Hall–Kier alpha value is -3.48. The number of benzene rings is 3. The Balaban J connectivity index is 1.35. The van der Waals surface area contributed by atoms with E-state index in [2.05, 4.69) is 73.6 Å². The predicted octanol–water partition coefficient (Wildman–Crippen LogP) is 3.64. The van der Waals surface area contributed by atoms with Crippen molar-refractivity contribution in [1.82, 2.24) is 25.1 Å². The molecule has 5 rings (SSSR count). The lowest BCUT2D eigenvalue weighted by Gasteiger charge is -2.41. The number of aromatic nitrogens is 2. The number of H-pyrrole nitrogens is 1.